The lowest BCUT2D eigenvalue weighted by Gasteiger charge is -2.04. The molecule has 12 heteroatoms. The van der Waals surface area contributed by atoms with Gasteiger partial charge < -0.3 is 4.57 Å². The fourth-order valence-electron chi connectivity index (χ4n) is 3.53. The standard InChI is InChI=1S/C17H14F3N5.C7H8O3S/c1-23-7-8-25-10-14(21-16(23)25)12-5-3-11(4-6-12)13-9-15(17(18,19)20)24(2)22-13;1-6-2-4-7(5-3-6)11(8,9)10/h3-10H,1-2H3;2-5H,1H3,(H,8,9,10). The first kappa shape index (κ1) is 25.2. The molecule has 0 amide bonds. The van der Waals surface area contributed by atoms with Crippen molar-refractivity contribution < 1.29 is 26.1 Å². The Morgan fingerprint density at radius 1 is 0.889 bits per heavy atom. The highest BCUT2D eigenvalue weighted by Gasteiger charge is 2.35. The minimum Gasteiger partial charge on any atom is -0.320 e. The average Bonchev–Trinajstić information content (AvgIpc) is 3.50. The van der Waals surface area contributed by atoms with Crippen LogP contribution < -0.4 is 0 Å². The Labute approximate surface area is 205 Å². The maximum absolute atomic E-state index is 12.9. The summed E-state index contributed by atoms with van der Waals surface area (Å²) in [5.41, 5.74) is 2.79. The van der Waals surface area contributed by atoms with Gasteiger partial charge in [0.2, 0.25) is 5.78 Å². The van der Waals surface area contributed by atoms with Crippen LogP contribution in [0.2, 0.25) is 0 Å². The van der Waals surface area contributed by atoms with E-state index in [1.54, 1.807) is 24.3 Å². The van der Waals surface area contributed by atoms with Gasteiger partial charge in [0.1, 0.15) is 5.69 Å². The van der Waals surface area contributed by atoms with Crippen molar-refractivity contribution in [1.82, 2.24) is 23.7 Å². The number of benzene rings is 2. The van der Waals surface area contributed by atoms with E-state index in [0.29, 0.717) is 5.56 Å². The van der Waals surface area contributed by atoms with Gasteiger partial charge in [0.25, 0.3) is 10.1 Å². The van der Waals surface area contributed by atoms with Gasteiger partial charge in [-0.3, -0.25) is 13.6 Å². The third-order valence-electron chi connectivity index (χ3n) is 5.44. The van der Waals surface area contributed by atoms with E-state index in [2.05, 4.69) is 10.1 Å². The zero-order chi connectivity index (χ0) is 26.3. The largest absolute Gasteiger partial charge is 0.433 e. The maximum Gasteiger partial charge on any atom is 0.433 e. The predicted octanol–water partition coefficient (Wildman–Crippen LogP) is 5.00. The van der Waals surface area contributed by atoms with Gasteiger partial charge in [0, 0.05) is 43.8 Å². The van der Waals surface area contributed by atoms with E-state index in [9.17, 15) is 21.6 Å². The molecule has 2 aromatic carbocycles. The molecule has 5 aromatic rings. The average molecular weight is 518 g/mol. The fraction of sp³-hybridized carbons (Fsp3) is 0.167. The van der Waals surface area contributed by atoms with Crippen molar-refractivity contribution in [2.75, 3.05) is 0 Å². The van der Waals surface area contributed by atoms with E-state index < -0.39 is 22.0 Å². The second kappa shape index (κ2) is 9.28. The molecule has 0 aliphatic carbocycles. The summed E-state index contributed by atoms with van der Waals surface area (Å²) in [7, 11) is -0.819. The Kier molecular flexibility index (Phi) is 6.50. The van der Waals surface area contributed by atoms with Gasteiger partial charge in [0.05, 0.1) is 16.3 Å². The molecule has 1 N–H and O–H groups in total. The SMILES string of the molecule is Cc1ccc(S(=O)(=O)O)cc1.Cn1nc(-c2ccc(-c3cn4ccn(C)c4n3)cc2)cc1C(F)(F)F. The van der Waals surface area contributed by atoms with Crippen LogP contribution in [0.5, 0.6) is 0 Å². The van der Waals surface area contributed by atoms with Crippen LogP contribution in [0.1, 0.15) is 11.3 Å². The number of halogens is 3. The van der Waals surface area contributed by atoms with Crippen LogP contribution >= 0.6 is 0 Å². The van der Waals surface area contributed by atoms with E-state index in [-0.39, 0.29) is 10.6 Å². The monoisotopic (exact) mass is 517 g/mol. The predicted molar refractivity (Wildman–Crippen MR) is 128 cm³/mol. The Morgan fingerprint density at radius 2 is 1.47 bits per heavy atom. The number of hydrogen-bond acceptors (Lipinski definition) is 4. The van der Waals surface area contributed by atoms with Crippen molar-refractivity contribution >= 4 is 15.9 Å². The summed E-state index contributed by atoms with van der Waals surface area (Å²) in [5.74, 6) is 0.818. The number of hydrogen-bond donors (Lipinski definition) is 1. The van der Waals surface area contributed by atoms with Crippen molar-refractivity contribution in [3.05, 3.63) is 84.4 Å². The number of nitrogens with zero attached hydrogens (tertiary/aromatic N) is 5. The molecule has 3 heterocycles. The van der Waals surface area contributed by atoms with Gasteiger partial charge in [-0.1, -0.05) is 42.0 Å². The van der Waals surface area contributed by atoms with E-state index in [0.717, 1.165) is 33.3 Å². The summed E-state index contributed by atoms with van der Waals surface area (Å²) in [4.78, 5) is 4.49. The number of fused-ring (bicyclic) bond motifs is 1. The number of aromatic nitrogens is 5. The Morgan fingerprint density at radius 3 is 1.97 bits per heavy atom. The molecule has 0 unspecified atom stereocenters. The highest BCUT2D eigenvalue weighted by molar-refractivity contribution is 7.85. The van der Waals surface area contributed by atoms with Crippen LogP contribution in [-0.4, -0.2) is 36.7 Å². The molecule has 0 atom stereocenters. The van der Waals surface area contributed by atoms with E-state index in [4.69, 9.17) is 4.55 Å². The lowest BCUT2D eigenvalue weighted by molar-refractivity contribution is -0.143. The maximum atomic E-state index is 12.9. The molecule has 0 radical (unpaired) electrons. The van der Waals surface area contributed by atoms with E-state index in [1.165, 1.54) is 19.2 Å². The minimum atomic E-state index is -4.42. The van der Waals surface area contributed by atoms with Gasteiger partial charge in [-0.25, -0.2) is 4.98 Å². The van der Waals surface area contributed by atoms with Gasteiger partial charge in [-0.05, 0) is 25.1 Å². The second-order valence-electron chi connectivity index (χ2n) is 8.14. The first-order chi connectivity index (χ1) is 16.8. The Hall–Kier alpha value is -3.90. The normalized spacial score (nSPS) is 12.0. The van der Waals surface area contributed by atoms with Crippen LogP contribution in [-0.2, 0) is 30.4 Å². The van der Waals surface area contributed by atoms with Gasteiger partial charge >= 0.3 is 6.18 Å². The van der Waals surface area contributed by atoms with Gasteiger partial charge in [0.15, 0.2) is 0 Å². The molecule has 0 aliphatic rings. The highest BCUT2D eigenvalue weighted by Crippen LogP contribution is 2.32. The zero-order valence-corrected chi connectivity index (χ0v) is 20.3. The first-order valence-electron chi connectivity index (χ1n) is 10.6. The topological polar surface area (TPSA) is 94.4 Å². The molecule has 0 spiro atoms. The molecule has 0 saturated heterocycles. The van der Waals surface area contributed by atoms with Crippen molar-refractivity contribution in [3.8, 4) is 22.5 Å². The Bertz CT molecular complexity index is 1610. The second-order valence-corrected chi connectivity index (χ2v) is 9.57. The van der Waals surface area contributed by atoms with Crippen LogP contribution in [0.4, 0.5) is 13.2 Å². The van der Waals surface area contributed by atoms with Crippen molar-refractivity contribution in [1.29, 1.82) is 0 Å². The molecule has 0 fully saturated rings. The quantitative estimate of drug-likeness (QED) is 0.340. The van der Waals surface area contributed by atoms with Crippen LogP contribution in [0, 0.1) is 6.92 Å². The first-order valence-corrected chi connectivity index (χ1v) is 12.0. The van der Waals surface area contributed by atoms with Crippen LogP contribution in [0.25, 0.3) is 28.3 Å². The van der Waals surface area contributed by atoms with Crippen LogP contribution in [0.3, 0.4) is 0 Å². The molecule has 188 valence electrons. The third kappa shape index (κ3) is 5.34. The lowest BCUT2D eigenvalue weighted by Crippen LogP contribution is -2.11. The van der Waals surface area contributed by atoms with Crippen LogP contribution in [0.15, 0.2) is 78.1 Å². The lowest BCUT2D eigenvalue weighted by atomic mass is 10.1. The van der Waals surface area contributed by atoms with Gasteiger partial charge in [-0.15, -0.1) is 0 Å². The fourth-order valence-corrected chi connectivity index (χ4v) is 4.01. The number of alkyl halides is 3. The third-order valence-corrected chi connectivity index (χ3v) is 6.31. The summed E-state index contributed by atoms with van der Waals surface area (Å²) < 4.78 is 72.9. The van der Waals surface area contributed by atoms with Gasteiger partial charge in [-0.2, -0.15) is 26.7 Å². The van der Waals surface area contributed by atoms with Crippen molar-refractivity contribution in [2.45, 2.75) is 18.0 Å². The summed E-state index contributed by atoms with van der Waals surface area (Å²) in [6.45, 7) is 1.84. The smallest absolute Gasteiger partial charge is 0.320 e. The molecule has 3 aromatic heterocycles. The summed E-state index contributed by atoms with van der Waals surface area (Å²) in [5, 5.41) is 3.96. The minimum absolute atomic E-state index is 0.0666. The van der Waals surface area contributed by atoms with Crippen molar-refractivity contribution in [2.24, 2.45) is 14.1 Å². The number of rotatable bonds is 3. The molecule has 8 nitrogen and oxygen atoms in total. The van der Waals surface area contributed by atoms with E-state index >= 15 is 0 Å². The van der Waals surface area contributed by atoms with Crippen molar-refractivity contribution in [3.63, 3.8) is 0 Å². The number of aryl methyl sites for hydroxylation is 3. The molecular formula is C24H22F3N5O3S. The molecule has 36 heavy (non-hydrogen) atoms. The highest BCUT2D eigenvalue weighted by atomic mass is 32.2. The molecule has 0 aliphatic heterocycles. The zero-order valence-electron chi connectivity index (χ0n) is 19.5. The number of imidazole rings is 2. The summed E-state index contributed by atoms with van der Waals surface area (Å²) >= 11 is 0. The Balaban J connectivity index is 0.000000233. The molecule has 0 saturated carbocycles. The molecule has 5 rings (SSSR count). The molecular weight excluding hydrogens is 495 g/mol. The summed E-state index contributed by atoms with van der Waals surface area (Å²) in [6.07, 6.45) is 1.31. The molecule has 0 bridgehead atoms. The van der Waals surface area contributed by atoms with E-state index in [1.807, 2.05) is 53.7 Å². The summed E-state index contributed by atoms with van der Waals surface area (Å²) in [6, 6.07) is 14.2.